The maximum atomic E-state index is 13.0. The molecule has 0 heterocycles. The number of carboxylic acids is 6. The second-order valence-electron chi connectivity index (χ2n) is 13.3. The van der Waals surface area contributed by atoms with Crippen molar-refractivity contribution in [3.63, 3.8) is 0 Å². The Balaban J connectivity index is 6.06. The average Bonchev–Trinajstić information content (AvgIpc) is 3.14. The molecule has 0 saturated heterocycles. The molecule has 28 nitrogen and oxygen atoms in total. The number of nitrogens with two attached hydrogens (primary N) is 3. The molecule has 0 spiro atoms. The van der Waals surface area contributed by atoms with Gasteiger partial charge in [0.15, 0.2) is 0 Å². The van der Waals surface area contributed by atoms with Crippen molar-refractivity contribution in [1.82, 2.24) is 36.8 Å². The van der Waals surface area contributed by atoms with Crippen molar-refractivity contribution in [1.29, 1.82) is 0 Å². The van der Waals surface area contributed by atoms with E-state index < -0.39 is 165 Å². The average molecular weight is 879 g/mol. The lowest BCUT2D eigenvalue weighted by molar-refractivity contribution is -0.140. The van der Waals surface area contributed by atoms with E-state index in [-0.39, 0.29) is 39.3 Å². The van der Waals surface area contributed by atoms with Crippen molar-refractivity contribution in [2.24, 2.45) is 17.2 Å². The van der Waals surface area contributed by atoms with Crippen LogP contribution in [-0.4, -0.2) is 182 Å². The van der Waals surface area contributed by atoms with Crippen LogP contribution in [0.4, 0.5) is 0 Å². The van der Waals surface area contributed by atoms with Crippen LogP contribution in [0.2, 0.25) is 0 Å². The standard InChI is InChI=1S/C33H54N10O18/c34-16(13-25(50)51)28(56)40-19(1-4-22(44)45)31(59)37-7-10-43(11-8-38-32(60)20(2-5-23(46)47)41-29(57)17(35)14-26(52)53)12-9-39-33(61)21(3-6-24(48)49)42-30(58)18(36)15-27(54)55/h16-21H,1-15,34-36H2,(H,37,59)(H,38,60)(H,39,61)(H,40,56)(H,41,57)(H,42,58)(H,44,45)(H,46,47)(H,48,49)(H,50,51)(H,52,53)(H,54,55)/t16-,17-,18-,19-,20-,21-/m0/s1. The van der Waals surface area contributed by atoms with Gasteiger partial charge in [-0.1, -0.05) is 0 Å². The van der Waals surface area contributed by atoms with Crippen molar-refractivity contribution in [2.75, 3.05) is 39.3 Å². The zero-order valence-electron chi connectivity index (χ0n) is 32.8. The summed E-state index contributed by atoms with van der Waals surface area (Å²) in [7, 11) is 0. The third-order valence-corrected chi connectivity index (χ3v) is 8.22. The van der Waals surface area contributed by atoms with E-state index in [1.165, 1.54) is 4.90 Å². The van der Waals surface area contributed by atoms with Gasteiger partial charge in [0.2, 0.25) is 35.4 Å². The van der Waals surface area contributed by atoms with E-state index in [9.17, 15) is 57.5 Å². The Morgan fingerprint density at radius 3 is 0.803 bits per heavy atom. The molecule has 0 aromatic rings. The lowest BCUT2D eigenvalue weighted by Gasteiger charge is -2.26. The molecular weight excluding hydrogens is 824 g/mol. The van der Waals surface area contributed by atoms with Gasteiger partial charge in [0.05, 0.1) is 37.4 Å². The third-order valence-electron chi connectivity index (χ3n) is 8.22. The Kier molecular flexibility index (Phi) is 25.7. The van der Waals surface area contributed by atoms with E-state index in [2.05, 4.69) is 31.9 Å². The van der Waals surface area contributed by atoms with E-state index in [1.807, 2.05) is 0 Å². The van der Waals surface area contributed by atoms with Crippen LogP contribution in [0.1, 0.15) is 57.8 Å². The molecule has 6 amide bonds. The fourth-order valence-electron chi connectivity index (χ4n) is 5.01. The molecule has 0 bridgehead atoms. The molecule has 0 aromatic carbocycles. The second-order valence-corrected chi connectivity index (χ2v) is 13.3. The van der Waals surface area contributed by atoms with Gasteiger partial charge >= 0.3 is 35.8 Å². The number of carboxylic acid groups (broad SMARTS) is 6. The molecule has 28 heteroatoms. The zero-order valence-corrected chi connectivity index (χ0v) is 32.8. The van der Waals surface area contributed by atoms with Gasteiger partial charge in [-0.3, -0.25) is 62.4 Å². The zero-order chi connectivity index (χ0) is 46.8. The van der Waals surface area contributed by atoms with Crippen molar-refractivity contribution in [2.45, 2.75) is 94.0 Å². The molecule has 6 atom stereocenters. The van der Waals surface area contributed by atoms with Gasteiger partial charge in [-0.2, -0.15) is 0 Å². The Labute approximate surface area is 346 Å². The molecular formula is C33H54N10O18. The van der Waals surface area contributed by atoms with Gasteiger partial charge in [0, 0.05) is 58.5 Å². The van der Waals surface area contributed by atoms with E-state index in [0.29, 0.717) is 0 Å². The maximum Gasteiger partial charge on any atom is 0.305 e. The first-order valence-electron chi connectivity index (χ1n) is 18.5. The summed E-state index contributed by atoms with van der Waals surface area (Å²) in [5, 5.41) is 68.1. The van der Waals surface area contributed by atoms with Crippen LogP contribution < -0.4 is 49.1 Å². The highest BCUT2D eigenvalue weighted by atomic mass is 16.4. The minimum absolute atomic E-state index is 0.0952. The predicted octanol–water partition coefficient (Wildman–Crippen LogP) is -6.91. The number of rotatable bonds is 33. The quantitative estimate of drug-likeness (QED) is 0.0291. The highest BCUT2D eigenvalue weighted by Gasteiger charge is 2.29. The first-order valence-corrected chi connectivity index (χ1v) is 18.5. The molecule has 0 unspecified atom stereocenters. The summed E-state index contributed by atoms with van der Waals surface area (Å²) < 4.78 is 0. The van der Waals surface area contributed by atoms with Gasteiger partial charge in [0.1, 0.15) is 18.1 Å². The molecule has 0 saturated carbocycles. The Morgan fingerprint density at radius 1 is 0.377 bits per heavy atom. The largest absolute Gasteiger partial charge is 0.481 e. The van der Waals surface area contributed by atoms with Crippen molar-refractivity contribution in [3.8, 4) is 0 Å². The van der Waals surface area contributed by atoms with Crippen molar-refractivity contribution >= 4 is 71.3 Å². The van der Waals surface area contributed by atoms with Gasteiger partial charge in [-0.05, 0) is 19.3 Å². The SMILES string of the molecule is N[C@@H](CC(=O)O)C(=O)N[C@@H](CCC(=O)O)C(=O)NCCN(CCNC(=O)[C@H](CCC(=O)O)NC(=O)[C@@H](N)CC(=O)O)CCNC(=O)[C@H](CCC(=O)O)NC(=O)[C@@H](N)CC(=O)O. The number of carbonyl (C=O) groups excluding carboxylic acids is 6. The smallest absolute Gasteiger partial charge is 0.305 e. The lowest BCUT2D eigenvalue weighted by Crippen LogP contribution is -2.54. The number of nitrogens with zero attached hydrogens (tertiary/aromatic N) is 1. The van der Waals surface area contributed by atoms with Gasteiger partial charge in [-0.25, -0.2) is 0 Å². The summed E-state index contributed by atoms with van der Waals surface area (Å²) in [6.07, 6.45) is -5.40. The predicted molar refractivity (Wildman–Crippen MR) is 203 cm³/mol. The summed E-state index contributed by atoms with van der Waals surface area (Å²) in [6, 6.07) is -9.14. The number of amides is 6. The van der Waals surface area contributed by atoms with Crippen LogP contribution >= 0.6 is 0 Å². The monoisotopic (exact) mass is 878 g/mol. The summed E-state index contributed by atoms with van der Waals surface area (Å²) >= 11 is 0. The van der Waals surface area contributed by atoms with E-state index in [0.717, 1.165) is 0 Å². The first kappa shape index (κ1) is 54.5. The highest BCUT2D eigenvalue weighted by Crippen LogP contribution is 2.04. The Hall–Kier alpha value is -6.52. The minimum atomic E-state index is -1.57. The second kappa shape index (κ2) is 28.8. The van der Waals surface area contributed by atoms with Gasteiger partial charge < -0.3 is 79.7 Å². The third kappa shape index (κ3) is 25.5. The molecule has 18 N–H and O–H groups in total. The molecule has 61 heavy (non-hydrogen) atoms. The maximum absolute atomic E-state index is 13.0. The van der Waals surface area contributed by atoms with Crippen LogP contribution in [0.15, 0.2) is 0 Å². The van der Waals surface area contributed by atoms with Crippen LogP contribution in [-0.2, 0) is 57.5 Å². The van der Waals surface area contributed by atoms with Gasteiger partial charge in [0.25, 0.3) is 0 Å². The number of carbonyl (C=O) groups is 12. The number of aliphatic carboxylic acids is 6. The van der Waals surface area contributed by atoms with Crippen LogP contribution in [0.25, 0.3) is 0 Å². The van der Waals surface area contributed by atoms with Crippen LogP contribution in [0, 0.1) is 0 Å². The number of hydrogen-bond donors (Lipinski definition) is 15. The molecule has 0 aliphatic rings. The molecule has 0 aliphatic carbocycles. The highest BCUT2D eigenvalue weighted by molar-refractivity contribution is 5.93. The van der Waals surface area contributed by atoms with Crippen LogP contribution in [0.5, 0.6) is 0 Å². The Bertz CT molecular complexity index is 1420. The molecule has 0 fully saturated rings. The molecule has 0 radical (unpaired) electrons. The summed E-state index contributed by atoms with van der Waals surface area (Å²) in [5.74, 6) is -14.0. The summed E-state index contributed by atoms with van der Waals surface area (Å²) in [5.41, 5.74) is 16.6. The van der Waals surface area contributed by atoms with Gasteiger partial charge in [-0.15, -0.1) is 0 Å². The normalized spacial score (nSPS) is 13.8. The fourth-order valence-corrected chi connectivity index (χ4v) is 5.01. The summed E-state index contributed by atoms with van der Waals surface area (Å²) in [6.45, 7) is -0.997. The molecule has 344 valence electrons. The summed E-state index contributed by atoms with van der Waals surface area (Å²) in [4.78, 5) is 144. The van der Waals surface area contributed by atoms with E-state index in [4.69, 9.17) is 47.8 Å². The lowest BCUT2D eigenvalue weighted by atomic mass is 10.1. The Morgan fingerprint density at radius 2 is 0.607 bits per heavy atom. The van der Waals surface area contributed by atoms with Crippen LogP contribution in [0.3, 0.4) is 0 Å². The minimum Gasteiger partial charge on any atom is -0.481 e. The van der Waals surface area contributed by atoms with E-state index >= 15 is 0 Å². The number of nitrogens with one attached hydrogen (secondary N) is 6. The molecule has 0 rings (SSSR count). The van der Waals surface area contributed by atoms with Crippen molar-refractivity contribution < 1.29 is 88.2 Å². The van der Waals surface area contributed by atoms with Crippen molar-refractivity contribution in [3.05, 3.63) is 0 Å². The fraction of sp³-hybridized carbons (Fsp3) is 0.636. The van der Waals surface area contributed by atoms with E-state index in [1.54, 1.807) is 0 Å². The first-order chi connectivity index (χ1) is 28.4. The molecule has 0 aliphatic heterocycles. The number of hydrogen-bond acceptors (Lipinski definition) is 16. The topological polar surface area (TPSA) is 480 Å². The molecule has 0 aromatic heterocycles.